The van der Waals surface area contributed by atoms with Crippen LogP contribution in [0.5, 0.6) is 5.75 Å². The van der Waals surface area contributed by atoms with Crippen LogP contribution in [0.15, 0.2) is 53.1 Å². The lowest BCUT2D eigenvalue weighted by Crippen LogP contribution is -1.94. The molecule has 19 heavy (non-hydrogen) atoms. The molecule has 0 unspecified atom stereocenters. The van der Waals surface area contributed by atoms with Crippen molar-refractivity contribution < 1.29 is 13.5 Å². The molecule has 0 aliphatic heterocycles. The molecule has 0 saturated heterocycles. The van der Waals surface area contributed by atoms with Crippen molar-refractivity contribution in [2.45, 2.75) is 6.61 Å². The van der Waals surface area contributed by atoms with E-state index in [0.29, 0.717) is 17.4 Å². The van der Waals surface area contributed by atoms with E-state index in [0.717, 1.165) is 16.5 Å². The SMILES string of the molecule is Fc1cccc(OCc2coc3ccc(Cl)cc23)c1. The molecule has 0 saturated carbocycles. The first-order valence-electron chi connectivity index (χ1n) is 5.76. The molecule has 0 aliphatic carbocycles. The summed E-state index contributed by atoms with van der Waals surface area (Å²) in [7, 11) is 0. The molecular formula is C15H10ClFO2. The Morgan fingerprint density at radius 2 is 2.05 bits per heavy atom. The smallest absolute Gasteiger partial charge is 0.134 e. The first-order valence-corrected chi connectivity index (χ1v) is 6.14. The molecule has 96 valence electrons. The van der Waals surface area contributed by atoms with Gasteiger partial charge in [0.2, 0.25) is 0 Å². The summed E-state index contributed by atoms with van der Waals surface area (Å²) in [6.45, 7) is 0.302. The second kappa shape index (κ2) is 4.94. The molecule has 4 heteroatoms. The van der Waals surface area contributed by atoms with Crippen LogP contribution in [-0.2, 0) is 6.61 Å². The van der Waals surface area contributed by atoms with Gasteiger partial charge in [-0.2, -0.15) is 0 Å². The second-order valence-corrected chi connectivity index (χ2v) is 4.58. The van der Waals surface area contributed by atoms with Gasteiger partial charge in [0.15, 0.2) is 0 Å². The fourth-order valence-corrected chi connectivity index (χ4v) is 2.06. The van der Waals surface area contributed by atoms with Crippen molar-refractivity contribution in [1.82, 2.24) is 0 Å². The van der Waals surface area contributed by atoms with Crippen molar-refractivity contribution in [3.05, 3.63) is 65.1 Å². The highest BCUT2D eigenvalue weighted by Crippen LogP contribution is 2.25. The fraction of sp³-hybridized carbons (Fsp3) is 0.0667. The van der Waals surface area contributed by atoms with Crippen molar-refractivity contribution >= 4 is 22.6 Å². The summed E-state index contributed by atoms with van der Waals surface area (Å²) < 4.78 is 24.0. The highest BCUT2D eigenvalue weighted by Gasteiger charge is 2.07. The largest absolute Gasteiger partial charge is 0.489 e. The maximum absolute atomic E-state index is 13.0. The number of fused-ring (bicyclic) bond motifs is 1. The van der Waals surface area contributed by atoms with Crippen molar-refractivity contribution in [2.75, 3.05) is 0 Å². The standard InChI is InChI=1S/C15H10ClFO2/c16-11-4-5-15-14(6-11)10(9-19-15)8-18-13-3-1-2-12(17)7-13/h1-7,9H,8H2. The van der Waals surface area contributed by atoms with Gasteiger partial charge in [-0.3, -0.25) is 0 Å². The van der Waals surface area contributed by atoms with Crippen LogP contribution in [0.3, 0.4) is 0 Å². The lowest BCUT2D eigenvalue weighted by Gasteiger charge is -2.04. The number of hydrogen-bond acceptors (Lipinski definition) is 2. The number of halogens is 2. The number of rotatable bonds is 3. The highest BCUT2D eigenvalue weighted by molar-refractivity contribution is 6.31. The monoisotopic (exact) mass is 276 g/mol. The lowest BCUT2D eigenvalue weighted by molar-refractivity contribution is 0.304. The predicted molar refractivity (Wildman–Crippen MR) is 72.0 cm³/mol. The van der Waals surface area contributed by atoms with E-state index in [4.69, 9.17) is 20.8 Å². The van der Waals surface area contributed by atoms with Crippen molar-refractivity contribution in [3.63, 3.8) is 0 Å². The van der Waals surface area contributed by atoms with Crippen LogP contribution in [0.25, 0.3) is 11.0 Å². The van der Waals surface area contributed by atoms with E-state index in [9.17, 15) is 4.39 Å². The summed E-state index contributed by atoms with van der Waals surface area (Å²) >= 11 is 5.95. The van der Waals surface area contributed by atoms with Crippen LogP contribution in [0.4, 0.5) is 4.39 Å². The molecule has 2 nitrogen and oxygen atoms in total. The maximum Gasteiger partial charge on any atom is 0.134 e. The minimum Gasteiger partial charge on any atom is -0.489 e. The third kappa shape index (κ3) is 2.56. The molecule has 0 bridgehead atoms. The van der Waals surface area contributed by atoms with E-state index in [1.807, 2.05) is 12.1 Å². The van der Waals surface area contributed by atoms with Crippen LogP contribution in [0.1, 0.15) is 5.56 Å². The van der Waals surface area contributed by atoms with Crippen molar-refractivity contribution in [2.24, 2.45) is 0 Å². The number of ether oxygens (including phenoxy) is 1. The van der Waals surface area contributed by atoms with Crippen LogP contribution in [-0.4, -0.2) is 0 Å². The highest BCUT2D eigenvalue weighted by atomic mass is 35.5. The maximum atomic E-state index is 13.0. The van der Waals surface area contributed by atoms with Crippen LogP contribution in [0.2, 0.25) is 5.02 Å². The van der Waals surface area contributed by atoms with Gasteiger partial charge in [0, 0.05) is 22.0 Å². The third-order valence-electron chi connectivity index (χ3n) is 2.81. The molecule has 2 aromatic carbocycles. The summed E-state index contributed by atoms with van der Waals surface area (Å²) in [4.78, 5) is 0. The zero-order valence-electron chi connectivity index (χ0n) is 9.90. The van der Waals surface area contributed by atoms with Gasteiger partial charge in [-0.25, -0.2) is 4.39 Å². The van der Waals surface area contributed by atoms with Crippen LogP contribution < -0.4 is 4.74 Å². The lowest BCUT2D eigenvalue weighted by atomic mass is 10.2. The molecule has 0 spiro atoms. The topological polar surface area (TPSA) is 22.4 Å². The summed E-state index contributed by atoms with van der Waals surface area (Å²) in [5.74, 6) is 0.161. The van der Waals surface area contributed by atoms with E-state index in [1.165, 1.54) is 12.1 Å². The number of furan rings is 1. The zero-order chi connectivity index (χ0) is 13.2. The second-order valence-electron chi connectivity index (χ2n) is 4.15. The summed E-state index contributed by atoms with van der Waals surface area (Å²) in [6, 6.07) is 11.4. The van der Waals surface area contributed by atoms with Gasteiger partial charge in [-0.15, -0.1) is 0 Å². The predicted octanol–water partition coefficient (Wildman–Crippen LogP) is 4.80. The molecule has 0 radical (unpaired) electrons. The van der Waals surface area contributed by atoms with Crippen molar-refractivity contribution in [3.8, 4) is 5.75 Å². The van der Waals surface area contributed by atoms with E-state index >= 15 is 0 Å². The average molecular weight is 277 g/mol. The molecule has 0 atom stereocenters. The summed E-state index contributed by atoms with van der Waals surface area (Å²) in [5.41, 5.74) is 1.63. The van der Waals surface area contributed by atoms with Crippen LogP contribution in [0, 0.1) is 5.82 Å². The normalized spacial score (nSPS) is 10.8. The van der Waals surface area contributed by atoms with E-state index < -0.39 is 0 Å². The molecule has 0 aliphatic rings. The van der Waals surface area contributed by atoms with E-state index in [1.54, 1.807) is 24.5 Å². The first-order chi connectivity index (χ1) is 9.22. The van der Waals surface area contributed by atoms with E-state index in [2.05, 4.69) is 0 Å². The van der Waals surface area contributed by atoms with Crippen LogP contribution >= 0.6 is 11.6 Å². The van der Waals surface area contributed by atoms with E-state index in [-0.39, 0.29) is 5.82 Å². The molecule has 3 aromatic rings. The van der Waals surface area contributed by atoms with Gasteiger partial charge >= 0.3 is 0 Å². The Balaban J connectivity index is 1.84. The van der Waals surface area contributed by atoms with Crippen molar-refractivity contribution in [1.29, 1.82) is 0 Å². The number of hydrogen-bond donors (Lipinski definition) is 0. The zero-order valence-corrected chi connectivity index (χ0v) is 10.7. The van der Waals surface area contributed by atoms with Gasteiger partial charge in [-0.05, 0) is 30.3 Å². The Labute approximate surface area is 114 Å². The fourth-order valence-electron chi connectivity index (χ4n) is 1.88. The van der Waals surface area contributed by atoms with Gasteiger partial charge in [0.05, 0.1) is 6.26 Å². The quantitative estimate of drug-likeness (QED) is 0.685. The molecule has 0 N–H and O–H groups in total. The minimum absolute atomic E-state index is 0.302. The Morgan fingerprint density at radius 1 is 1.16 bits per heavy atom. The first kappa shape index (κ1) is 12.1. The average Bonchev–Trinajstić information content (AvgIpc) is 2.79. The Kier molecular flexibility index (Phi) is 3.13. The Morgan fingerprint density at radius 3 is 2.89 bits per heavy atom. The molecule has 1 heterocycles. The third-order valence-corrected chi connectivity index (χ3v) is 3.04. The van der Waals surface area contributed by atoms with Gasteiger partial charge in [0.25, 0.3) is 0 Å². The summed E-state index contributed by atoms with van der Waals surface area (Å²) in [6.07, 6.45) is 1.63. The molecule has 0 amide bonds. The van der Waals surface area contributed by atoms with Gasteiger partial charge in [-0.1, -0.05) is 17.7 Å². The Bertz CT molecular complexity index is 721. The molecule has 0 fully saturated rings. The Hall–Kier alpha value is -2.00. The molecule has 3 rings (SSSR count). The van der Waals surface area contributed by atoms with Gasteiger partial charge < -0.3 is 9.15 Å². The molecule has 1 aromatic heterocycles. The number of benzene rings is 2. The minimum atomic E-state index is -0.322. The summed E-state index contributed by atoms with van der Waals surface area (Å²) in [5, 5.41) is 1.55. The van der Waals surface area contributed by atoms with Gasteiger partial charge in [0.1, 0.15) is 23.8 Å². The molecular weight excluding hydrogens is 267 g/mol.